The Hall–Kier alpha value is -1.47. The largest absolute Gasteiger partial charge is 0.338 e. The van der Waals surface area contributed by atoms with Crippen molar-refractivity contribution in [3.63, 3.8) is 0 Å². The van der Waals surface area contributed by atoms with E-state index in [9.17, 15) is 10.1 Å². The van der Waals surface area contributed by atoms with Crippen molar-refractivity contribution in [2.75, 3.05) is 19.3 Å². The number of carbonyl (C=O) groups excluding carboxylic acids is 1. The molecule has 1 aliphatic rings. The Labute approximate surface area is 125 Å². The Kier molecular flexibility index (Phi) is 4.39. The highest BCUT2D eigenvalue weighted by Gasteiger charge is 2.35. The second-order valence-electron chi connectivity index (χ2n) is 5.48. The number of piperidine rings is 1. The van der Waals surface area contributed by atoms with Crippen LogP contribution < -0.4 is 0 Å². The highest BCUT2D eigenvalue weighted by Crippen LogP contribution is 2.34. The molecule has 106 valence electrons. The van der Waals surface area contributed by atoms with Gasteiger partial charge in [-0.15, -0.1) is 11.8 Å². The fourth-order valence-corrected chi connectivity index (χ4v) is 3.40. The lowest BCUT2D eigenvalue weighted by atomic mass is 9.96. The first-order valence-corrected chi connectivity index (χ1v) is 8.06. The molecule has 0 bridgehead atoms. The normalized spacial score (nSPS) is 17.6. The molecular weight excluding hydrogens is 268 g/mol. The van der Waals surface area contributed by atoms with E-state index in [1.54, 1.807) is 11.8 Å². The van der Waals surface area contributed by atoms with Gasteiger partial charge in [-0.25, -0.2) is 0 Å². The van der Waals surface area contributed by atoms with Gasteiger partial charge in [0.05, 0.1) is 6.07 Å². The minimum Gasteiger partial charge on any atom is -0.338 e. The van der Waals surface area contributed by atoms with Gasteiger partial charge < -0.3 is 4.90 Å². The summed E-state index contributed by atoms with van der Waals surface area (Å²) in [6.07, 6.45) is 3.48. The number of thioether (sulfide) groups is 1. The molecular formula is C16H20N2OS. The van der Waals surface area contributed by atoms with E-state index in [2.05, 4.69) is 12.1 Å². The molecule has 1 fully saturated rings. The molecule has 0 aliphatic carbocycles. The average molecular weight is 288 g/mol. The summed E-state index contributed by atoms with van der Waals surface area (Å²) in [5, 5.41) is 9.28. The predicted octanol–water partition coefficient (Wildman–Crippen LogP) is 3.16. The average Bonchev–Trinajstić information content (AvgIpc) is 2.45. The number of carbonyl (C=O) groups is 1. The first-order chi connectivity index (χ1) is 9.49. The van der Waals surface area contributed by atoms with E-state index in [-0.39, 0.29) is 10.7 Å². The standard InChI is InChI=1S/C16H20N2OS/c1-12-8-13(2)10-14(9-12)15(19)18-6-4-16(11-17,20-3)5-7-18/h8-10H,4-7H2,1-3H3. The first-order valence-electron chi connectivity index (χ1n) is 6.84. The number of aryl methyl sites for hydroxylation is 2. The van der Waals surface area contributed by atoms with E-state index in [0.717, 1.165) is 29.5 Å². The maximum absolute atomic E-state index is 12.5. The highest BCUT2D eigenvalue weighted by atomic mass is 32.2. The number of hydrogen-bond donors (Lipinski definition) is 0. The summed E-state index contributed by atoms with van der Waals surface area (Å²) in [4.78, 5) is 14.4. The summed E-state index contributed by atoms with van der Waals surface area (Å²) >= 11 is 1.61. The molecule has 1 amide bonds. The van der Waals surface area contributed by atoms with Crippen LogP contribution in [0.5, 0.6) is 0 Å². The van der Waals surface area contributed by atoms with Crippen LogP contribution in [-0.2, 0) is 0 Å². The van der Waals surface area contributed by atoms with Gasteiger partial charge in [-0.05, 0) is 45.1 Å². The topological polar surface area (TPSA) is 44.1 Å². The van der Waals surface area contributed by atoms with Gasteiger partial charge in [0.1, 0.15) is 4.75 Å². The van der Waals surface area contributed by atoms with Gasteiger partial charge in [0.15, 0.2) is 0 Å². The Balaban J connectivity index is 2.11. The summed E-state index contributed by atoms with van der Waals surface area (Å²) in [7, 11) is 0. The van der Waals surface area contributed by atoms with E-state index >= 15 is 0 Å². The monoisotopic (exact) mass is 288 g/mol. The maximum atomic E-state index is 12.5. The molecule has 0 atom stereocenters. The molecule has 1 aromatic rings. The zero-order valence-electron chi connectivity index (χ0n) is 12.3. The van der Waals surface area contributed by atoms with Crippen molar-refractivity contribution < 1.29 is 4.79 Å². The third kappa shape index (κ3) is 2.99. The lowest BCUT2D eigenvalue weighted by Crippen LogP contribution is -2.44. The summed E-state index contributed by atoms with van der Waals surface area (Å²) < 4.78 is -0.306. The molecule has 1 saturated heterocycles. The number of amides is 1. The van der Waals surface area contributed by atoms with Gasteiger partial charge in [0, 0.05) is 18.7 Å². The number of hydrogen-bond acceptors (Lipinski definition) is 3. The zero-order valence-corrected chi connectivity index (χ0v) is 13.1. The number of nitrogens with zero attached hydrogens (tertiary/aromatic N) is 2. The lowest BCUT2D eigenvalue weighted by Gasteiger charge is -2.36. The highest BCUT2D eigenvalue weighted by molar-refractivity contribution is 8.00. The van der Waals surface area contributed by atoms with E-state index in [1.807, 2.05) is 37.1 Å². The molecule has 3 nitrogen and oxygen atoms in total. The molecule has 0 radical (unpaired) electrons. The molecule has 1 aromatic carbocycles. The smallest absolute Gasteiger partial charge is 0.253 e. The van der Waals surface area contributed by atoms with Crippen LogP contribution in [0.15, 0.2) is 18.2 Å². The lowest BCUT2D eigenvalue weighted by molar-refractivity contribution is 0.0716. The molecule has 1 heterocycles. The molecule has 0 spiro atoms. The zero-order chi connectivity index (χ0) is 14.8. The molecule has 0 saturated carbocycles. The van der Waals surface area contributed by atoms with Gasteiger partial charge >= 0.3 is 0 Å². The molecule has 4 heteroatoms. The number of rotatable bonds is 2. The second-order valence-corrected chi connectivity index (χ2v) is 6.67. The van der Waals surface area contributed by atoms with Crippen molar-refractivity contribution in [2.45, 2.75) is 31.4 Å². The van der Waals surface area contributed by atoms with Crippen LogP contribution in [0, 0.1) is 25.2 Å². The molecule has 20 heavy (non-hydrogen) atoms. The van der Waals surface area contributed by atoms with Crippen LogP contribution in [0.4, 0.5) is 0 Å². The van der Waals surface area contributed by atoms with Crippen molar-refractivity contribution in [1.29, 1.82) is 5.26 Å². The molecule has 0 aromatic heterocycles. The number of likely N-dealkylation sites (tertiary alicyclic amines) is 1. The Bertz CT molecular complexity index is 534. The van der Waals surface area contributed by atoms with Crippen LogP contribution in [0.25, 0.3) is 0 Å². The van der Waals surface area contributed by atoms with Gasteiger partial charge in [-0.3, -0.25) is 4.79 Å². The van der Waals surface area contributed by atoms with Gasteiger partial charge in [0.2, 0.25) is 0 Å². The quantitative estimate of drug-likeness (QED) is 0.839. The van der Waals surface area contributed by atoms with Crippen molar-refractivity contribution in [1.82, 2.24) is 4.90 Å². The van der Waals surface area contributed by atoms with Crippen LogP contribution in [0.2, 0.25) is 0 Å². The summed E-state index contributed by atoms with van der Waals surface area (Å²) in [5.74, 6) is 0.0874. The van der Waals surface area contributed by atoms with Crippen molar-refractivity contribution >= 4 is 17.7 Å². The summed E-state index contributed by atoms with van der Waals surface area (Å²) in [6, 6.07) is 8.36. The van der Waals surface area contributed by atoms with E-state index < -0.39 is 0 Å². The third-order valence-electron chi connectivity index (χ3n) is 3.92. The van der Waals surface area contributed by atoms with E-state index in [4.69, 9.17) is 0 Å². The van der Waals surface area contributed by atoms with Crippen LogP contribution in [0.3, 0.4) is 0 Å². The van der Waals surface area contributed by atoms with Crippen molar-refractivity contribution in [2.24, 2.45) is 0 Å². The third-order valence-corrected chi connectivity index (χ3v) is 5.20. The van der Waals surface area contributed by atoms with Gasteiger partial charge in [-0.2, -0.15) is 5.26 Å². The number of benzene rings is 1. The maximum Gasteiger partial charge on any atom is 0.253 e. The van der Waals surface area contributed by atoms with Crippen LogP contribution in [0.1, 0.15) is 34.3 Å². The Morgan fingerprint density at radius 2 is 1.80 bits per heavy atom. The Morgan fingerprint density at radius 1 is 1.25 bits per heavy atom. The van der Waals surface area contributed by atoms with Crippen molar-refractivity contribution in [3.8, 4) is 6.07 Å². The minimum atomic E-state index is -0.306. The fraction of sp³-hybridized carbons (Fsp3) is 0.500. The molecule has 0 N–H and O–H groups in total. The van der Waals surface area contributed by atoms with Crippen LogP contribution >= 0.6 is 11.8 Å². The molecule has 1 aliphatic heterocycles. The fourth-order valence-electron chi connectivity index (χ4n) is 2.71. The summed E-state index contributed by atoms with van der Waals surface area (Å²) in [5.41, 5.74) is 2.98. The van der Waals surface area contributed by atoms with Crippen molar-refractivity contribution in [3.05, 3.63) is 34.9 Å². The second kappa shape index (κ2) is 5.88. The van der Waals surface area contributed by atoms with E-state index in [0.29, 0.717) is 13.1 Å². The molecule has 0 unspecified atom stereocenters. The van der Waals surface area contributed by atoms with E-state index in [1.165, 1.54) is 0 Å². The Morgan fingerprint density at radius 3 is 2.25 bits per heavy atom. The van der Waals surface area contributed by atoms with Gasteiger partial charge in [0.25, 0.3) is 5.91 Å². The first kappa shape index (κ1) is 14.9. The molecule has 2 rings (SSSR count). The van der Waals surface area contributed by atoms with Gasteiger partial charge in [-0.1, -0.05) is 17.2 Å². The SMILES string of the molecule is CSC1(C#N)CCN(C(=O)c2cc(C)cc(C)c2)CC1. The predicted molar refractivity (Wildman–Crippen MR) is 82.9 cm³/mol. The summed E-state index contributed by atoms with van der Waals surface area (Å²) in [6.45, 7) is 5.35. The van der Waals surface area contributed by atoms with Crippen LogP contribution in [-0.4, -0.2) is 34.9 Å². The number of nitriles is 1. The minimum absolute atomic E-state index is 0.0874.